The molecule has 0 spiro atoms. The Bertz CT molecular complexity index is 1100. The molecule has 0 bridgehead atoms. The molecule has 5 heteroatoms. The molecular formula is C26H29N3O2. The highest BCUT2D eigenvalue weighted by molar-refractivity contribution is 5.93. The third-order valence-electron chi connectivity index (χ3n) is 6.11. The summed E-state index contributed by atoms with van der Waals surface area (Å²) in [6.07, 6.45) is 2.43. The molecule has 0 fully saturated rings. The molecule has 1 unspecified atom stereocenters. The zero-order valence-corrected chi connectivity index (χ0v) is 18.4. The monoisotopic (exact) mass is 415 g/mol. The number of anilines is 1. The molecule has 2 aromatic carbocycles. The molecule has 2 amide bonds. The lowest BCUT2D eigenvalue weighted by molar-refractivity contribution is -0.135. The second kappa shape index (κ2) is 8.80. The van der Waals surface area contributed by atoms with Gasteiger partial charge in [-0.05, 0) is 61.7 Å². The molecular weight excluding hydrogens is 386 g/mol. The van der Waals surface area contributed by atoms with E-state index in [1.807, 2.05) is 43.0 Å². The first-order valence-electron chi connectivity index (χ1n) is 10.8. The number of hydrogen-bond donors (Lipinski definition) is 1. The van der Waals surface area contributed by atoms with Crippen molar-refractivity contribution in [2.45, 2.75) is 46.2 Å². The molecule has 1 aliphatic rings. The highest BCUT2D eigenvalue weighted by atomic mass is 16.2. The minimum atomic E-state index is -0.135. The zero-order chi connectivity index (χ0) is 22.0. The predicted octanol–water partition coefficient (Wildman–Crippen LogP) is 4.76. The third kappa shape index (κ3) is 4.55. The Morgan fingerprint density at radius 2 is 1.71 bits per heavy atom. The fourth-order valence-corrected chi connectivity index (χ4v) is 4.16. The van der Waals surface area contributed by atoms with Crippen LogP contribution in [0, 0.1) is 20.8 Å². The maximum Gasteiger partial charge on any atom is 0.224 e. The number of rotatable bonds is 5. The molecule has 3 aromatic rings. The SMILES string of the molecule is Cc1ccc(C2c3cccn3CCN2C(=O)CCC(=O)Nc2ccc(C)c(C)c2)cc1. The number of aromatic nitrogens is 1. The van der Waals surface area contributed by atoms with E-state index in [0.717, 1.165) is 29.1 Å². The normalized spacial score (nSPS) is 15.5. The largest absolute Gasteiger partial charge is 0.348 e. The van der Waals surface area contributed by atoms with Crippen LogP contribution < -0.4 is 5.32 Å². The minimum absolute atomic E-state index is 0.00765. The fourth-order valence-electron chi connectivity index (χ4n) is 4.16. The van der Waals surface area contributed by atoms with E-state index in [4.69, 9.17) is 0 Å². The molecule has 0 radical (unpaired) electrons. The van der Waals surface area contributed by atoms with Gasteiger partial charge in [0.25, 0.3) is 0 Å². The maximum atomic E-state index is 13.2. The number of carbonyl (C=O) groups excluding carboxylic acids is 2. The zero-order valence-electron chi connectivity index (χ0n) is 18.4. The van der Waals surface area contributed by atoms with Crippen molar-refractivity contribution in [2.75, 3.05) is 11.9 Å². The number of aryl methyl sites for hydroxylation is 3. The summed E-state index contributed by atoms with van der Waals surface area (Å²) in [6, 6.07) is 18.2. The van der Waals surface area contributed by atoms with Crippen LogP contribution in [0.15, 0.2) is 60.8 Å². The first-order valence-corrected chi connectivity index (χ1v) is 10.8. The molecule has 1 aliphatic heterocycles. The maximum absolute atomic E-state index is 13.2. The Morgan fingerprint density at radius 1 is 0.935 bits per heavy atom. The van der Waals surface area contributed by atoms with Crippen molar-refractivity contribution in [2.24, 2.45) is 0 Å². The van der Waals surface area contributed by atoms with Crippen LogP contribution in [0.25, 0.3) is 0 Å². The Labute approximate surface area is 183 Å². The molecule has 0 aliphatic carbocycles. The molecule has 1 aromatic heterocycles. The van der Waals surface area contributed by atoms with Gasteiger partial charge in [0, 0.05) is 43.5 Å². The summed E-state index contributed by atoms with van der Waals surface area (Å²) in [7, 11) is 0. The number of benzene rings is 2. The van der Waals surface area contributed by atoms with Gasteiger partial charge < -0.3 is 14.8 Å². The van der Waals surface area contributed by atoms with E-state index in [1.165, 1.54) is 11.1 Å². The van der Waals surface area contributed by atoms with Crippen LogP contribution in [0.3, 0.4) is 0 Å². The average molecular weight is 416 g/mol. The minimum Gasteiger partial charge on any atom is -0.348 e. The summed E-state index contributed by atoms with van der Waals surface area (Å²) in [6.45, 7) is 7.53. The Kier molecular flexibility index (Phi) is 5.94. The smallest absolute Gasteiger partial charge is 0.224 e. The predicted molar refractivity (Wildman–Crippen MR) is 123 cm³/mol. The highest BCUT2D eigenvalue weighted by Gasteiger charge is 2.32. The summed E-state index contributed by atoms with van der Waals surface area (Å²) in [5, 5.41) is 2.92. The van der Waals surface area contributed by atoms with E-state index in [2.05, 4.69) is 53.3 Å². The summed E-state index contributed by atoms with van der Waals surface area (Å²) >= 11 is 0. The fraction of sp³-hybridized carbons (Fsp3) is 0.308. The summed E-state index contributed by atoms with van der Waals surface area (Å²) in [5.74, 6) is -0.128. The topological polar surface area (TPSA) is 54.3 Å². The van der Waals surface area contributed by atoms with Gasteiger partial charge in [0.1, 0.15) is 0 Å². The van der Waals surface area contributed by atoms with Crippen molar-refractivity contribution in [1.29, 1.82) is 0 Å². The number of amides is 2. The van der Waals surface area contributed by atoms with Crippen molar-refractivity contribution in [3.05, 3.63) is 88.7 Å². The highest BCUT2D eigenvalue weighted by Crippen LogP contribution is 2.33. The van der Waals surface area contributed by atoms with Crippen LogP contribution >= 0.6 is 0 Å². The molecule has 5 nitrogen and oxygen atoms in total. The van der Waals surface area contributed by atoms with E-state index in [1.54, 1.807) is 0 Å². The Hall–Kier alpha value is -3.34. The Balaban J connectivity index is 1.45. The van der Waals surface area contributed by atoms with Crippen molar-refractivity contribution >= 4 is 17.5 Å². The number of fused-ring (bicyclic) bond motifs is 1. The quantitative estimate of drug-likeness (QED) is 0.653. The van der Waals surface area contributed by atoms with Crippen molar-refractivity contribution in [3.63, 3.8) is 0 Å². The van der Waals surface area contributed by atoms with Crippen LogP contribution in [-0.2, 0) is 16.1 Å². The van der Waals surface area contributed by atoms with Gasteiger partial charge >= 0.3 is 0 Å². The van der Waals surface area contributed by atoms with Gasteiger partial charge in [-0.2, -0.15) is 0 Å². The molecule has 1 atom stereocenters. The van der Waals surface area contributed by atoms with Gasteiger partial charge in [-0.15, -0.1) is 0 Å². The average Bonchev–Trinajstić information content (AvgIpc) is 3.23. The molecule has 31 heavy (non-hydrogen) atoms. The van der Waals surface area contributed by atoms with Gasteiger partial charge in [-0.25, -0.2) is 0 Å². The van der Waals surface area contributed by atoms with Gasteiger partial charge in [-0.3, -0.25) is 9.59 Å². The van der Waals surface area contributed by atoms with E-state index in [0.29, 0.717) is 6.54 Å². The summed E-state index contributed by atoms with van der Waals surface area (Å²) < 4.78 is 2.21. The van der Waals surface area contributed by atoms with E-state index < -0.39 is 0 Å². The van der Waals surface area contributed by atoms with Gasteiger partial charge in [-0.1, -0.05) is 35.9 Å². The van der Waals surface area contributed by atoms with Crippen molar-refractivity contribution in [1.82, 2.24) is 9.47 Å². The molecule has 2 heterocycles. The molecule has 0 saturated heterocycles. The lowest BCUT2D eigenvalue weighted by atomic mass is 9.98. The second-order valence-corrected chi connectivity index (χ2v) is 8.37. The van der Waals surface area contributed by atoms with Gasteiger partial charge in [0.05, 0.1) is 6.04 Å². The number of nitrogens with one attached hydrogen (secondary N) is 1. The van der Waals surface area contributed by atoms with Crippen LogP contribution in [0.5, 0.6) is 0 Å². The summed E-state index contributed by atoms with van der Waals surface area (Å²) in [4.78, 5) is 27.5. The van der Waals surface area contributed by atoms with Gasteiger partial charge in [0.15, 0.2) is 0 Å². The Morgan fingerprint density at radius 3 is 2.45 bits per heavy atom. The summed E-state index contributed by atoms with van der Waals surface area (Å²) in [5.41, 5.74) is 6.49. The van der Waals surface area contributed by atoms with Crippen molar-refractivity contribution < 1.29 is 9.59 Å². The molecule has 0 saturated carbocycles. The third-order valence-corrected chi connectivity index (χ3v) is 6.11. The van der Waals surface area contributed by atoms with E-state index in [9.17, 15) is 9.59 Å². The lowest BCUT2D eigenvalue weighted by Gasteiger charge is -2.37. The van der Waals surface area contributed by atoms with Crippen LogP contribution in [0.1, 0.15) is 46.8 Å². The first kappa shape index (κ1) is 20.9. The number of carbonyl (C=O) groups is 2. The lowest BCUT2D eigenvalue weighted by Crippen LogP contribution is -2.42. The van der Waals surface area contributed by atoms with Crippen molar-refractivity contribution in [3.8, 4) is 0 Å². The molecule has 4 rings (SSSR count). The van der Waals surface area contributed by atoms with E-state index >= 15 is 0 Å². The first-order chi connectivity index (χ1) is 14.9. The molecule has 1 N–H and O–H groups in total. The number of hydrogen-bond acceptors (Lipinski definition) is 2. The van der Waals surface area contributed by atoms with Crippen LogP contribution in [0.4, 0.5) is 5.69 Å². The second-order valence-electron chi connectivity index (χ2n) is 8.37. The molecule has 160 valence electrons. The standard InChI is InChI=1S/C26H29N3O2/c1-18-6-9-21(10-7-18)26-23-5-4-14-28(23)15-16-29(26)25(31)13-12-24(30)27-22-11-8-19(2)20(3)17-22/h4-11,14,17,26H,12-13,15-16H2,1-3H3,(H,27,30). The van der Waals surface area contributed by atoms with Gasteiger partial charge in [0.2, 0.25) is 11.8 Å². The van der Waals surface area contributed by atoms with Crippen LogP contribution in [0.2, 0.25) is 0 Å². The van der Waals surface area contributed by atoms with E-state index in [-0.39, 0.29) is 30.7 Å². The van der Waals surface area contributed by atoms with Crippen LogP contribution in [-0.4, -0.2) is 27.8 Å². The number of nitrogens with zero attached hydrogens (tertiary/aromatic N) is 2.